The van der Waals surface area contributed by atoms with Gasteiger partial charge >= 0.3 is 0 Å². The Labute approximate surface area is 63.4 Å². The first-order chi connectivity index (χ1) is 4.27. The van der Waals surface area contributed by atoms with E-state index in [9.17, 15) is 0 Å². The number of rotatable bonds is 1. The summed E-state index contributed by atoms with van der Waals surface area (Å²) in [5.74, 6) is 0. The van der Waals surface area contributed by atoms with Crippen LogP contribution in [0.3, 0.4) is 0 Å². The first-order valence-corrected chi connectivity index (χ1v) is 4.38. The molecule has 1 rings (SSSR count). The van der Waals surface area contributed by atoms with Gasteiger partial charge in [0.1, 0.15) is 0 Å². The second-order valence-corrected chi connectivity index (χ2v) is 3.96. The van der Waals surface area contributed by atoms with Crippen LogP contribution in [-0.4, -0.2) is 4.75 Å². The molecule has 0 bridgehead atoms. The third-order valence-corrected chi connectivity index (χ3v) is 3.11. The van der Waals surface area contributed by atoms with Crippen molar-refractivity contribution in [3.8, 4) is 0 Å². The van der Waals surface area contributed by atoms with Gasteiger partial charge < -0.3 is 0 Å². The van der Waals surface area contributed by atoms with Crippen LogP contribution in [0.5, 0.6) is 0 Å². The molecule has 1 fully saturated rings. The topological polar surface area (TPSA) is 0 Å². The van der Waals surface area contributed by atoms with Crippen LogP contribution in [0.15, 0.2) is 0 Å². The summed E-state index contributed by atoms with van der Waals surface area (Å²) < 4.78 is 0.304. The lowest BCUT2D eigenvalue weighted by Crippen LogP contribution is -2.23. The van der Waals surface area contributed by atoms with E-state index in [2.05, 4.69) is 6.92 Å². The summed E-state index contributed by atoms with van der Waals surface area (Å²) in [6.07, 6.45) is 7.94. The summed E-state index contributed by atoms with van der Waals surface area (Å²) in [5, 5.41) is 0. The summed E-state index contributed by atoms with van der Waals surface area (Å²) in [4.78, 5) is 0. The second kappa shape index (κ2) is 2.96. The van der Waals surface area contributed by atoms with Gasteiger partial charge in [0.15, 0.2) is 0 Å². The Morgan fingerprint density at radius 2 is 1.78 bits per heavy atom. The minimum absolute atomic E-state index is 0.304. The van der Waals surface area contributed by atoms with Crippen molar-refractivity contribution in [2.75, 3.05) is 0 Å². The summed E-state index contributed by atoms with van der Waals surface area (Å²) in [6.45, 7) is 2.22. The quantitative estimate of drug-likeness (QED) is 0.528. The molecule has 0 nitrogen and oxygen atoms in total. The molecule has 0 unspecified atom stereocenters. The van der Waals surface area contributed by atoms with E-state index < -0.39 is 0 Å². The monoisotopic (exact) mass is 143 g/mol. The molecule has 0 atom stereocenters. The third kappa shape index (κ3) is 1.89. The van der Waals surface area contributed by atoms with E-state index in [4.69, 9.17) is 12.6 Å². The molecular formula is C8H15S. The summed E-state index contributed by atoms with van der Waals surface area (Å²) in [5.41, 5.74) is 0. The fourth-order valence-corrected chi connectivity index (χ4v) is 1.84. The van der Waals surface area contributed by atoms with Gasteiger partial charge in [-0.3, -0.25) is 0 Å². The maximum absolute atomic E-state index is 5.45. The molecule has 0 saturated heterocycles. The minimum Gasteiger partial charge on any atom is -0.0867 e. The first kappa shape index (κ1) is 7.46. The maximum Gasteiger partial charge on any atom is 0.0261 e. The van der Waals surface area contributed by atoms with Crippen LogP contribution in [0.25, 0.3) is 0 Å². The Morgan fingerprint density at radius 1 is 1.22 bits per heavy atom. The van der Waals surface area contributed by atoms with E-state index in [1.54, 1.807) is 0 Å². The summed E-state index contributed by atoms with van der Waals surface area (Å²) >= 11 is 5.45. The molecule has 1 aliphatic carbocycles. The van der Waals surface area contributed by atoms with Crippen molar-refractivity contribution in [3.63, 3.8) is 0 Å². The van der Waals surface area contributed by atoms with Crippen LogP contribution < -0.4 is 0 Å². The standard InChI is InChI=1S/C8H15S/c1-2-8(9)6-4-3-5-7-8/h2-7H2,1H3. The van der Waals surface area contributed by atoms with Crippen molar-refractivity contribution in [3.05, 3.63) is 0 Å². The van der Waals surface area contributed by atoms with Gasteiger partial charge in [0.05, 0.1) is 0 Å². The Morgan fingerprint density at radius 3 is 2.11 bits per heavy atom. The van der Waals surface area contributed by atoms with Crippen LogP contribution >= 0.6 is 12.6 Å². The highest BCUT2D eigenvalue weighted by Gasteiger charge is 2.25. The van der Waals surface area contributed by atoms with Gasteiger partial charge in [0.25, 0.3) is 0 Å². The molecule has 0 N–H and O–H groups in total. The maximum atomic E-state index is 5.45. The first-order valence-electron chi connectivity index (χ1n) is 3.97. The predicted molar refractivity (Wildman–Crippen MR) is 43.7 cm³/mol. The van der Waals surface area contributed by atoms with Crippen molar-refractivity contribution in [2.24, 2.45) is 0 Å². The molecule has 0 aliphatic heterocycles. The molecule has 0 aromatic rings. The van der Waals surface area contributed by atoms with Crippen molar-refractivity contribution >= 4 is 12.6 Å². The fourth-order valence-electron chi connectivity index (χ4n) is 1.55. The number of hydrogen-bond acceptors (Lipinski definition) is 0. The zero-order valence-electron chi connectivity index (χ0n) is 6.15. The van der Waals surface area contributed by atoms with Crippen LogP contribution in [0.4, 0.5) is 0 Å². The molecule has 1 saturated carbocycles. The Hall–Kier alpha value is 0.350. The Kier molecular flexibility index (Phi) is 2.45. The minimum atomic E-state index is 0.304. The highest BCUT2D eigenvalue weighted by Crippen LogP contribution is 2.35. The molecule has 0 spiro atoms. The molecule has 1 heteroatoms. The van der Waals surface area contributed by atoms with E-state index in [1.807, 2.05) is 0 Å². The molecule has 0 heterocycles. The Balaban J connectivity index is 2.37. The third-order valence-electron chi connectivity index (χ3n) is 2.41. The molecule has 9 heavy (non-hydrogen) atoms. The van der Waals surface area contributed by atoms with Crippen molar-refractivity contribution in [1.29, 1.82) is 0 Å². The average Bonchev–Trinajstić information content (AvgIpc) is 1.90. The van der Waals surface area contributed by atoms with Gasteiger partial charge in [0, 0.05) is 4.75 Å². The lowest BCUT2D eigenvalue weighted by molar-refractivity contribution is 0.391. The lowest BCUT2D eigenvalue weighted by Gasteiger charge is -2.29. The largest absolute Gasteiger partial charge is 0.0867 e. The SMILES string of the molecule is CCC1([S])CCCCC1. The van der Waals surface area contributed by atoms with Gasteiger partial charge in [0.2, 0.25) is 0 Å². The van der Waals surface area contributed by atoms with Crippen LogP contribution in [0.2, 0.25) is 0 Å². The van der Waals surface area contributed by atoms with E-state index >= 15 is 0 Å². The van der Waals surface area contributed by atoms with Crippen molar-refractivity contribution < 1.29 is 0 Å². The van der Waals surface area contributed by atoms with E-state index in [0.717, 1.165) is 0 Å². The Bertz CT molecular complexity index is 82.6. The normalized spacial score (nSPS) is 26.0. The molecule has 1 radical (unpaired) electrons. The molecule has 53 valence electrons. The van der Waals surface area contributed by atoms with Gasteiger partial charge in [-0.2, -0.15) is 0 Å². The van der Waals surface area contributed by atoms with Crippen LogP contribution in [0, 0.1) is 0 Å². The van der Waals surface area contributed by atoms with Gasteiger partial charge in [-0.1, -0.05) is 38.8 Å². The van der Waals surface area contributed by atoms with Crippen LogP contribution in [-0.2, 0) is 0 Å². The van der Waals surface area contributed by atoms with E-state index in [0.29, 0.717) is 4.75 Å². The highest BCUT2D eigenvalue weighted by atomic mass is 32.1. The number of hydrogen-bond donors (Lipinski definition) is 0. The van der Waals surface area contributed by atoms with Gasteiger partial charge in [-0.15, -0.1) is 0 Å². The van der Waals surface area contributed by atoms with Crippen molar-refractivity contribution in [1.82, 2.24) is 0 Å². The molecule has 0 amide bonds. The van der Waals surface area contributed by atoms with Crippen molar-refractivity contribution in [2.45, 2.75) is 50.2 Å². The van der Waals surface area contributed by atoms with Gasteiger partial charge in [-0.05, 0) is 19.3 Å². The van der Waals surface area contributed by atoms with E-state index in [1.165, 1.54) is 38.5 Å². The molecular weight excluding hydrogens is 128 g/mol. The molecule has 1 aliphatic rings. The second-order valence-electron chi connectivity index (χ2n) is 3.10. The highest BCUT2D eigenvalue weighted by molar-refractivity contribution is 7.81. The zero-order chi connectivity index (χ0) is 6.74. The molecule has 0 aromatic carbocycles. The average molecular weight is 143 g/mol. The summed E-state index contributed by atoms with van der Waals surface area (Å²) in [6, 6.07) is 0. The lowest BCUT2D eigenvalue weighted by atomic mass is 9.86. The molecule has 0 aromatic heterocycles. The summed E-state index contributed by atoms with van der Waals surface area (Å²) in [7, 11) is 0. The predicted octanol–water partition coefficient (Wildman–Crippen LogP) is 3.30. The van der Waals surface area contributed by atoms with Crippen LogP contribution in [0.1, 0.15) is 45.4 Å². The van der Waals surface area contributed by atoms with Gasteiger partial charge in [-0.25, -0.2) is 0 Å². The van der Waals surface area contributed by atoms with E-state index in [-0.39, 0.29) is 0 Å². The zero-order valence-corrected chi connectivity index (χ0v) is 6.97. The fraction of sp³-hybridized carbons (Fsp3) is 1.00. The smallest absolute Gasteiger partial charge is 0.0261 e.